The predicted octanol–water partition coefficient (Wildman–Crippen LogP) is 4.93. The highest BCUT2D eigenvalue weighted by molar-refractivity contribution is 7.92. The average molecular weight is 607 g/mol. The van der Waals surface area contributed by atoms with Gasteiger partial charge in [-0.3, -0.25) is 13.9 Å². The highest BCUT2D eigenvalue weighted by atomic mass is 35.5. The minimum Gasteiger partial charge on any atom is -0.497 e. The predicted molar refractivity (Wildman–Crippen MR) is 159 cm³/mol. The number of nitrogens with one attached hydrogen (secondary N) is 1. The van der Waals surface area contributed by atoms with E-state index < -0.39 is 28.5 Å². The van der Waals surface area contributed by atoms with Crippen LogP contribution in [0, 0.1) is 0 Å². The normalized spacial score (nSPS) is 11.9. The molecule has 0 spiro atoms. The summed E-state index contributed by atoms with van der Waals surface area (Å²) in [5.74, 6) is -0.352. The highest BCUT2D eigenvalue weighted by Crippen LogP contribution is 2.26. The number of ether oxygens (including phenoxy) is 1. The lowest BCUT2D eigenvalue weighted by atomic mass is 10.0. The summed E-state index contributed by atoms with van der Waals surface area (Å²) in [6.45, 7) is 1.86. The first-order valence-electron chi connectivity index (χ1n) is 12.7. The molecule has 0 radical (unpaired) electrons. The third kappa shape index (κ3) is 8.61. The van der Waals surface area contributed by atoms with Crippen LogP contribution >= 0.6 is 23.2 Å². The van der Waals surface area contributed by atoms with Gasteiger partial charge in [-0.15, -0.1) is 0 Å². The Morgan fingerprint density at radius 2 is 1.62 bits per heavy atom. The molecule has 1 atom stereocenters. The van der Waals surface area contributed by atoms with Crippen molar-refractivity contribution in [2.24, 2.45) is 0 Å². The molecule has 1 N–H and O–H groups in total. The number of methoxy groups -OCH3 is 1. The van der Waals surface area contributed by atoms with E-state index in [2.05, 4.69) is 5.32 Å². The third-order valence-electron chi connectivity index (χ3n) is 6.20. The molecule has 0 unspecified atom stereocenters. The third-order valence-corrected chi connectivity index (χ3v) is 8.08. The van der Waals surface area contributed by atoms with Crippen LogP contribution in [-0.2, 0) is 32.6 Å². The molecule has 0 aliphatic heterocycles. The topological polar surface area (TPSA) is 96.0 Å². The first kappa shape index (κ1) is 31.3. The quantitative estimate of drug-likeness (QED) is 0.298. The first-order valence-corrected chi connectivity index (χ1v) is 15.3. The summed E-state index contributed by atoms with van der Waals surface area (Å²) in [5.41, 5.74) is 1.78. The van der Waals surface area contributed by atoms with Gasteiger partial charge in [0.1, 0.15) is 18.3 Å². The minimum absolute atomic E-state index is 0.00693. The molecule has 3 aromatic carbocycles. The number of rotatable bonds is 13. The van der Waals surface area contributed by atoms with Crippen molar-refractivity contribution in [1.82, 2.24) is 10.2 Å². The number of hydrogen-bond acceptors (Lipinski definition) is 5. The standard InChI is InChI=1S/C29H33Cl2N3O5S/c1-4-16-32-29(36)27(18-21-8-6-5-7-9-21)33(19-22-10-15-25(30)26(31)17-22)28(35)20-34(40(3,37)38)23-11-13-24(39-2)14-12-23/h5-15,17,27H,4,16,18-20H2,1-3H3,(H,32,36)/t27-/m0/s1. The van der Waals surface area contributed by atoms with Gasteiger partial charge in [-0.2, -0.15) is 0 Å². The van der Waals surface area contributed by atoms with Crippen molar-refractivity contribution < 1.29 is 22.7 Å². The Labute approximate surface area is 245 Å². The van der Waals surface area contributed by atoms with E-state index in [-0.39, 0.29) is 18.9 Å². The molecule has 0 aromatic heterocycles. The number of nitrogens with zero attached hydrogens (tertiary/aromatic N) is 2. The summed E-state index contributed by atoms with van der Waals surface area (Å²) < 4.78 is 31.9. The molecule has 40 heavy (non-hydrogen) atoms. The average Bonchev–Trinajstić information content (AvgIpc) is 2.94. The molecule has 0 heterocycles. The molecule has 3 aromatic rings. The van der Waals surface area contributed by atoms with Crippen molar-refractivity contribution in [2.45, 2.75) is 32.4 Å². The minimum atomic E-state index is -3.86. The zero-order chi connectivity index (χ0) is 29.3. The maximum Gasteiger partial charge on any atom is 0.244 e. The Hall–Kier alpha value is -3.27. The Bertz CT molecular complexity index is 1400. The van der Waals surface area contributed by atoms with Gasteiger partial charge in [0.2, 0.25) is 21.8 Å². The van der Waals surface area contributed by atoms with E-state index in [1.807, 2.05) is 37.3 Å². The monoisotopic (exact) mass is 605 g/mol. The van der Waals surface area contributed by atoms with E-state index in [1.54, 1.807) is 42.5 Å². The smallest absolute Gasteiger partial charge is 0.244 e. The molecule has 8 nitrogen and oxygen atoms in total. The van der Waals surface area contributed by atoms with Crippen molar-refractivity contribution in [1.29, 1.82) is 0 Å². The second-order valence-corrected chi connectivity index (χ2v) is 12.0. The zero-order valence-electron chi connectivity index (χ0n) is 22.6. The van der Waals surface area contributed by atoms with Crippen molar-refractivity contribution in [3.05, 3.63) is 94.0 Å². The second kappa shape index (κ2) is 14.4. The Balaban J connectivity index is 2.05. The van der Waals surface area contributed by atoms with Crippen LogP contribution in [-0.4, -0.2) is 57.6 Å². The van der Waals surface area contributed by atoms with Gasteiger partial charge in [-0.05, 0) is 53.9 Å². The number of halogens is 2. The Kier molecular flexibility index (Phi) is 11.2. The van der Waals surface area contributed by atoms with Crippen LogP contribution in [0.5, 0.6) is 5.75 Å². The van der Waals surface area contributed by atoms with Crippen molar-refractivity contribution in [3.63, 3.8) is 0 Å². The van der Waals surface area contributed by atoms with Crippen LogP contribution in [0.4, 0.5) is 5.69 Å². The zero-order valence-corrected chi connectivity index (χ0v) is 25.0. The van der Waals surface area contributed by atoms with Crippen molar-refractivity contribution in [2.75, 3.05) is 30.8 Å². The van der Waals surface area contributed by atoms with Crippen LogP contribution in [0.25, 0.3) is 0 Å². The molecule has 0 saturated carbocycles. The van der Waals surface area contributed by atoms with Gasteiger partial charge in [0.15, 0.2) is 0 Å². The van der Waals surface area contributed by atoms with Crippen molar-refractivity contribution >= 4 is 50.7 Å². The van der Waals surface area contributed by atoms with Gasteiger partial charge in [0, 0.05) is 19.5 Å². The Morgan fingerprint density at radius 3 is 2.20 bits per heavy atom. The van der Waals surface area contributed by atoms with Gasteiger partial charge in [0.25, 0.3) is 0 Å². The SMILES string of the molecule is CCCNC(=O)[C@H](Cc1ccccc1)N(Cc1ccc(Cl)c(Cl)c1)C(=O)CN(c1ccc(OC)cc1)S(C)(=O)=O. The maximum absolute atomic E-state index is 14.0. The molecule has 0 saturated heterocycles. The summed E-state index contributed by atoms with van der Waals surface area (Å²) in [6, 6.07) is 19.7. The lowest BCUT2D eigenvalue weighted by Gasteiger charge is -2.33. The highest BCUT2D eigenvalue weighted by Gasteiger charge is 2.33. The largest absolute Gasteiger partial charge is 0.497 e. The number of benzene rings is 3. The van der Waals surface area contributed by atoms with Gasteiger partial charge >= 0.3 is 0 Å². The van der Waals surface area contributed by atoms with Crippen LogP contribution in [0.3, 0.4) is 0 Å². The second-order valence-electron chi connectivity index (χ2n) is 9.23. The van der Waals surface area contributed by atoms with Crippen LogP contribution in [0.1, 0.15) is 24.5 Å². The lowest BCUT2D eigenvalue weighted by Crippen LogP contribution is -2.53. The molecule has 0 aliphatic rings. The number of hydrogen-bond donors (Lipinski definition) is 1. The van der Waals surface area contributed by atoms with Crippen LogP contribution in [0.2, 0.25) is 10.0 Å². The molecule has 0 fully saturated rings. The number of carbonyl (C=O) groups is 2. The van der Waals surface area contributed by atoms with E-state index in [9.17, 15) is 18.0 Å². The summed E-state index contributed by atoms with van der Waals surface area (Å²) in [4.78, 5) is 28.9. The van der Waals surface area contributed by atoms with E-state index in [0.29, 0.717) is 40.0 Å². The first-order chi connectivity index (χ1) is 19.0. The molecule has 3 rings (SSSR count). The van der Waals surface area contributed by atoms with E-state index in [0.717, 1.165) is 16.1 Å². The lowest BCUT2D eigenvalue weighted by molar-refractivity contribution is -0.140. The van der Waals surface area contributed by atoms with Crippen LogP contribution < -0.4 is 14.4 Å². The fraction of sp³-hybridized carbons (Fsp3) is 0.310. The van der Waals surface area contributed by atoms with Gasteiger partial charge < -0.3 is 15.0 Å². The van der Waals surface area contributed by atoms with E-state index in [1.165, 1.54) is 12.0 Å². The molecule has 0 aliphatic carbocycles. The van der Waals surface area contributed by atoms with Gasteiger partial charge in [0.05, 0.1) is 29.1 Å². The summed E-state index contributed by atoms with van der Waals surface area (Å²) in [5, 5.41) is 3.55. The fourth-order valence-electron chi connectivity index (χ4n) is 4.12. The number of anilines is 1. The Morgan fingerprint density at radius 1 is 0.950 bits per heavy atom. The van der Waals surface area contributed by atoms with Crippen LogP contribution in [0.15, 0.2) is 72.8 Å². The van der Waals surface area contributed by atoms with Gasteiger partial charge in [-0.25, -0.2) is 8.42 Å². The molecular weight excluding hydrogens is 573 g/mol. The van der Waals surface area contributed by atoms with E-state index >= 15 is 0 Å². The maximum atomic E-state index is 14.0. The number of amides is 2. The fourth-order valence-corrected chi connectivity index (χ4v) is 5.29. The molecule has 2 amide bonds. The number of carbonyl (C=O) groups excluding carboxylic acids is 2. The number of sulfonamides is 1. The summed E-state index contributed by atoms with van der Waals surface area (Å²) in [7, 11) is -2.36. The molecule has 11 heteroatoms. The summed E-state index contributed by atoms with van der Waals surface area (Å²) >= 11 is 12.4. The molecule has 214 valence electrons. The van der Waals surface area contributed by atoms with E-state index in [4.69, 9.17) is 27.9 Å². The molecule has 0 bridgehead atoms. The molecular formula is C29H33Cl2N3O5S. The van der Waals surface area contributed by atoms with Crippen molar-refractivity contribution in [3.8, 4) is 5.75 Å². The van der Waals surface area contributed by atoms with Gasteiger partial charge in [-0.1, -0.05) is 66.5 Å². The summed E-state index contributed by atoms with van der Waals surface area (Å²) in [6.07, 6.45) is 1.97.